The largest absolute Gasteiger partial charge is 0.344 e. The van der Waals surface area contributed by atoms with Crippen LogP contribution in [0.3, 0.4) is 0 Å². The van der Waals surface area contributed by atoms with Crippen molar-refractivity contribution in [2.45, 2.75) is 125 Å². The number of amides is 1. The lowest BCUT2D eigenvalue weighted by Gasteiger charge is -2.28. The van der Waals surface area contributed by atoms with Crippen molar-refractivity contribution in [3.8, 4) is 0 Å². The van der Waals surface area contributed by atoms with E-state index < -0.39 is 10.1 Å². The van der Waals surface area contributed by atoms with Gasteiger partial charge in [-0.3, -0.25) is 9.35 Å². The molecule has 0 spiro atoms. The van der Waals surface area contributed by atoms with Gasteiger partial charge >= 0.3 is 0 Å². The molecule has 2 heterocycles. The van der Waals surface area contributed by atoms with Gasteiger partial charge in [0.15, 0.2) is 5.71 Å². The first-order valence-corrected chi connectivity index (χ1v) is 21.7. The molecule has 0 atom stereocenters. The number of anilines is 1. The Kier molecular flexibility index (Phi) is 12.7. The number of hydrogen-bond donors (Lipinski definition) is 1. The van der Waals surface area contributed by atoms with E-state index in [1.54, 1.807) is 0 Å². The van der Waals surface area contributed by atoms with E-state index in [0.717, 1.165) is 61.3 Å². The minimum atomic E-state index is -4.01. The van der Waals surface area contributed by atoms with Crippen molar-refractivity contribution < 1.29 is 22.3 Å². The maximum Gasteiger partial charge on any atom is 0.264 e. The van der Waals surface area contributed by atoms with Crippen LogP contribution >= 0.6 is 0 Å². The quantitative estimate of drug-likeness (QED) is 0.111. The van der Waals surface area contributed by atoms with Crippen molar-refractivity contribution in [1.29, 1.82) is 0 Å². The van der Waals surface area contributed by atoms with Crippen LogP contribution in [0, 0.1) is 5.41 Å². The number of allylic oxidation sites excluding steroid dienone is 7. The van der Waals surface area contributed by atoms with Crippen molar-refractivity contribution in [2.24, 2.45) is 5.41 Å². The first-order chi connectivity index (χ1) is 25.4. The van der Waals surface area contributed by atoms with Crippen LogP contribution in [0.4, 0.5) is 11.4 Å². The number of nitrogens with zero attached hydrogens (tertiary/aromatic N) is 3. The number of carbonyl (C=O) groups is 1. The van der Waals surface area contributed by atoms with Crippen LogP contribution in [0.15, 0.2) is 95.4 Å². The zero-order valence-corrected chi connectivity index (χ0v) is 35.2. The van der Waals surface area contributed by atoms with Gasteiger partial charge < -0.3 is 9.80 Å². The highest BCUT2D eigenvalue weighted by Crippen LogP contribution is 2.48. The molecule has 0 radical (unpaired) electrons. The Morgan fingerprint density at radius 1 is 0.907 bits per heavy atom. The second-order valence-electron chi connectivity index (χ2n) is 17.5. The van der Waals surface area contributed by atoms with Crippen LogP contribution in [0.1, 0.15) is 125 Å². The highest BCUT2D eigenvalue weighted by Gasteiger charge is 2.44. The Morgan fingerprint density at radius 3 is 2.26 bits per heavy atom. The third-order valence-electron chi connectivity index (χ3n) is 11.5. The van der Waals surface area contributed by atoms with Crippen LogP contribution in [-0.4, -0.2) is 59.5 Å². The molecular weight excluding hydrogens is 691 g/mol. The van der Waals surface area contributed by atoms with E-state index in [4.69, 9.17) is 0 Å². The number of likely N-dealkylation sites (N-methyl/N-ethyl adjacent to an activating group) is 1. The van der Waals surface area contributed by atoms with Crippen LogP contribution in [0.5, 0.6) is 0 Å². The van der Waals surface area contributed by atoms with Crippen molar-refractivity contribution in [3.05, 3.63) is 107 Å². The Labute approximate surface area is 326 Å². The second-order valence-corrected chi connectivity index (χ2v) is 19.0. The van der Waals surface area contributed by atoms with Gasteiger partial charge in [0, 0.05) is 66.1 Å². The number of rotatable bonds is 15. The molecule has 1 aliphatic carbocycles. The molecule has 7 nitrogen and oxygen atoms in total. The number of benzene rings is 2. The van der Waals surface area contributed by atoms with Gasteiger partial charge in [-0.05, 0) is 87.1 Å². The maximum absolute atomic E-state index is 14.1. The normalized spacial score (nSPS) is 19.5. The molecule has 1 N–H and O–H groups in total. The smallest absolute Gasteiger partial charge is 0.264 e. The van der Waals surface area contributed by atoms with Gasteiger partial charge in [-0.1, -0.05) is 96.5 Å². The molecule has 3 aliphatic rings. The highest BCUT2D eigenvalue weighted by molar-refractivity contribution is 7.85. The Bertz CT molecular complexity index is 1990. The maximum atomic E-state index is 14.1. The van der Waals surface area contributed by atoms with E-state index in [-0.39, 0.29) is 27.9 Å². The topological polar surface area (TPSA) is 80.9 Å². The summed E-state index contributed by atoms with van der Waals surface area (Å²) in [7, 11) is -4.01. The van der Waals surface area contributed by atoms with Gasteiger partial charge in [0.05, 0.1) is 11.2 Å². The molecule has 0 saturated carbocycles. The number of para-hydroxylation sites is 2. The standard InChI is InChI=1S/C46H63N3O4S/c1-10-12-31-48-38-21-15-13-19-36(38)45(6,7)40(48)27-25-34-23-24-35(43(34)47(11-2)42(50)29-30-44(3,4)5)26-28-41-46(8,9)37-20-14-16-22-39(37)49(41)32-17-18-33-54(51,52)53/h13-16,19-22,25-28H,10-12,17-18,23-24,29-33H2,1-9H3/p+1. The predicted molar refractivity (Wildman–Crippen MR) is 224 cm³/mol. The summed E-state index contributed by atoms with van der Waals surface area (Å²) in [5.41, 5.74) is 10.4. The van der Waals surface area contributed by atoms with Crippen LogP contribution < -0.4 is 4.90 Å². The molecule has 8 heteroatoms. The van der Waals surface area contributed by atoms with E-state index in [0.29, 0.717) is 32.4 Å². The van der Waals surface area contributed by atoms with Gasteiger partial charge in [0.2, 0.25) is 11.6 Å². The van der Waals surface area contributed by atoms with Crippen molar-refractivity contribution >= 4 is 33.1 Å². The Hall–Kier alpha value is -3.75. The fourth-order valence-electron chi connectivity index (χ4n) is 8.45. The van der Waals surface area contributed by atoms with Gasteiger partial charge in [0.1, 0.15) is 6.54 Å². The second kappa shape index (κ2) is 16.5. The summed E-state index contributed by atoms with van der Waals surface area (Å²) < 4.78 is 34.6. The number of unbranched alkanes of at least 4 members (excludes halogenated alkanes) is 2. The first kappa shape index (κ1) is 41.4. The third-order valence-corrected chi connectivity index (χ3v) is 12.3. The van der Waals surface area contributed by atoms with E-state index in [9.17, 15) is 17.8 Å². The summed E-state index contributed by atoms with van der Waals surface area (Å²) in [6.45, 7) is 22.2. The van der Waals surface area contributed by atoms with E-state index >= 15 is 0 Å². The first-order valence-electron chi connectivity index (χ1n) is 20.1. The monoisotopic (exact) mass is 754 g/mol. The lowest BCUT2D eigenvalue weighted by atomic mass is 9.81. The van der Waals surface area contributed by atoms with Crippen molar-refractivity contribution in [1.82, 2.24) is 4.90 Å². The number of hydrogen-bond acceptors (Lipinski definition) is 4. The average Bonchev–Trinajstić information content (AvgIpc) is 3.67. The molecule has 0 saturated heterocycles. The van der Waals surface area contributed by atoms with Gasteiger partial charge in [-0.25, -0.2) is 0 Å². The number of fused-ring (bicyclic) bond motifs is 2. The lowest BCUT2D eigenvalue weighted by Crippen LogP contribution is -2.31. The number of carbonyl (C=O) groups excluding carboxylic acids is 1. The average molecular weight is 755 g/mol. The molecule has 1 amide bonds. The van der Waals surface area contributed by atoms with Crippen LogP contribution in [0.2, 0.25) is 0 Å². The van der Waals surface area contributed by atoms with Gasteiger partial charge in [0.25, 0.3) is 10.1 Å². The molecule has 0 bridgehead atoms. The summed E-state index contributed by atoms with van der Waals surface area (Å²) in [5.74, 6) is -0.0810. The molecule has 0 fully saturated rings. The lowest BCUT2D eigenvalue weighted by molar-refractivity contribution is -0.438. The predicted octanol–water partition coefficient (Wildman–Crippen LogP) is 10.4. The molecule has 5 rings (SSSR count). The molecule has 54 heavy (non-hydrogen) atoms. The zero-order valence-electron chi connectivity index (χ0n) is 34.3. The summed E-state index contributed by atoms with van der Waals surface area (Å²) in [6, 6.07) is 17.2. The molecule has 2 aliphatic heterocycles. The van der Waals surface area contributed by atoms with Crippen LogP contribution in [-0.2, 0) is 25.7 Å². The summed E-state index contributed by atoms with van der Waals surface area (Å²) >= 11 is 0. The fraction of sp³-hybridized carbons (Fsp3) is 0.522. The summed E-state index contributed by atoms with van der Waals surface area (Å²) in [4.78, 5) is 18.6. The van der Waals surface area contributed by atoms with Gasteiger partial charge in [-0.2, -0.15) is 13.0 Å². The van der Waals surface area contributed by atoms with Crippen LogP contribution in [0.25, 0.3) is 0 Å². The Morgan fingerprint density at radius 2 is 1.59 bits per heavy atom. The van der Waals surface area contributed by atoms with Crippen molar-refractivity contribution in [3.63, 3.8) is 0 Å². The molecule has 2 aromatic carbocycles. The Balaban J connectivity index is 1.60. The SMILES string of the molecule is CCCCN1/C(=C/C=C2\CCC(/C=C/C3=[N+](CCCCS(=O)(=O)O)c4ccccc4C3(C)C)=C2N(CC)C(=O)CCC(C)(C)C)C(C)(C)c2ccccc21. The molecule has 292 valence electrons. The van der Waals surface area contributed by atoms with E-state index in [2.05, 4.69) is 139 Å². The summed E-state index contributed by atoms with van der Waals surface area (Å²) in [5, 5.41) is 0. The molecule has 0 unspecified atom stereocenters. The van der Waals surface area contributed by atoms with Crippen molar-refractivity contribution in [2.75, 3.05) is 30.3 Å². The molecule has 0 aromatic heterocycles. The molecule has 2 aromatic rings. The summed E-state index contributed by atoms with van der Waals surface area (Å²) in [6.07, 6.45) is 15.3. The minimum Gasteiger partial charge on any atom is -0.344 e. The third kappa shape index (κ3) is 9.03. The van der Waals surface area contributed by atoms with E-state index in [1.165, 1.54) is 28.1 Å². The fourth-order valence-corrected chi connectivity index (χ4v) is 9.02. The molecular formula is C46H64N3O4S+. The van der Waals surface area contributed by atoms with E-state index in [1.807, 2.05) is 11.0 Å². The minimum absolute atomic E-state index is 0.0560. The zero-order chi connectivity index (χ0) is 39.5. The van der Waals surface area contributed by atoms with Gasteiger partial charge in [-0.15, -0.1) is 0 Å². The highest BCUT2D eigenvalue weighted by atomic mass is 32.2.